The SMILES string of the molecule is Cc1cc(N2CCN(C(=O)c3cc(C)oc3C(F)(F)F)CC2)nc(C(C)C)n1. The first-order valence-corrected chi connectivity index (χ1v) is 9.13. The predicted octanol–water partition coefficient (Wildman–Crippen LogP) is 3.79. The van der Waals surface area contributed by atoms with Crippen LogP contribution >= 0.6 is 0 Å². The van der Waals surface area contributed by atoms with Crippen LogP contribution in [-0.4, -0.2) is 47.0 Å². The predicted molar refractivity (Wildman–Crippen MR) is 97.4 cm³/mol. The summed E-state index contributed by atoms with van der Waals surface area (Å²) in [5.74, 6) is -0.120. The molecular weight excluding hydrogens is 373 g/mol. The van der Waals surface area contributed by atoms with E-state index in [-0.39, 0.29) is 11.7 Å². The lowest BCUT2D eigenvalue weighted by molar-refractivity contribution is -0.153. The molecule has 3 heterocycles. The number of carbonyl (C=O) groups is 1. The monoisotopic (exact) mass is 396 g/mol. The standard InChI is InChI=1S/C19H23F3N4O2/c1-11(2)17-23-12(3)9-15(24-17)25-5-7-26(8-6-25)18(27)14-10-13(4)28-16(14)19(20,21)22/h9-11H,5-8H2,1-4H3. The van der Waals surface area contributed by atoms with Crippen LogP contribution in [0.3, 0.4) is 0 Å². The van der Waals surface area contributed by atoms with Crippen molar-refractivity contribution in [3.63, 3.8) is 0 Å². The number of aromatic nitrogens is 2. The Morgan fingerprint density at radius 1 is 1.11 bits per heavy atom. The number of anilines is 1. The summed E-state index contributed by atoms with van der Waals surface area (Å²) in [4.78, 5) is 25.1. The van der Waals surface area contributed by atoms with Crippen molar-refractivity contribution in [1.82, 2.24) is 14.9 Å². The molecule has 3 rings (SSSR count). The van der Waals surface area contributed by atoms with E-state index in [9.17, 15) is 18.0 Å². The van der Waals surface area contributed by atoms with Gasteiger partial charge < -0.3 is 14.2 Å². The highest BCUT2D eigenvalue weighted by molar-refractivity contribution is 5.95. The molecule has 1 aliphatic rings. The normalized spacial score (nSPS) is 15.4. The number of aryl methyl sites for hydroxylation is 2. The number of amides is 1. The van der Waals surface area contributed by atoms with Crippen LogP contribution in [0.5, 0.6) is 0 Å². The lowest BCUT2D eigenvalue weighted by Gasteiger charge is -2.35. The highest BCUT2D eigenvalue weighted by Crippen LogP contribution is 2.34. The van der Waals surface area contributed by atoms with Crippen LogP contribution in [0.4, 0.5) is 19.0 Å². The van der Waals surface area contributed by atoms with Gasteiger partial charge in [0.2, 0.25) is 5.76 Å². The topological polar surface area (TPSA) is 62.5 Å². The molecule has 0 atom stereocenters. The third kappa shape index (κ3) is 4.13. The van der Waals surface area contributed by atoms with E-state index in [4.69, 9.17) is 4.42 Å². The van der Waals surface area contributed by atoms with Crippen LogP contribution < -0.4 is 4.90 Å². The van der Waals surface area contributed by atoms with Crippen molar-refractivity contribution >= 4 is 11.7 Å². The van der Waals surface area contributed by atoms with Gasteiger partial charge >= 0.3 is 6.18 Å². The second kappa shape index (κ2) is 7.44. The molecule has 0 spiro atoms. The molecule has 1 saturated heterocycles. The Hall–Kier alpha value is -2.58. The van der Waals surface area contributed by atoms with E-state index >= 15 is 0 Å². The Kier molecular flexibility index (Phi) is 5.36. The van der Waals surface area contributed by atoms with Gasteiger partial charge in [-0.05, 0) is 19.9 Å². The van der Waals surface area contributed by atoms with Crippen molar-refractivity contribution in [2.75, 3.05) is 31.1 Å². The molecule has 1 fully saturated rings. The van der Waals surface area contributed by atoms with Crippen molar-refractivity contribution in [2.45, 2.75) is 39.8 Å². The fourth-order valence-corrected chi connectivity index (χ4v) is 3.19. The van der Waals surface area contributed by atoms with Gasteiger partial charge in [-0.25, -0.2) is 9.97 Å². The highest BCUT2D eigenvalue weighted by atomic mass is 19.4. The Morgan fingerprint density at radius 2 is 1.75 bits per heavy atom. The van der Waals surface area contributed by atoms with Gasteiger partial charge in [0.15, 0.2) is 0 Å². The Bertz CT molecular complexity index is 869. The average molecular weight is 396 g/mol. The number of rotatable bonds is 3. The lowest BCUT2D eigenvalue weighted by atomic mass is 10.1. The number of furan rings is 1. The van der Waals surface area contributed by atoms with Gasteiger partial charge in [-0.1, -0.05) is 13.8 Å². The number of carbonyl (C=O) groups excluding carboxylic acids is 1. The number of hydrogen-bond donors (Lipinski definition) is 0. The summed E-state index contributed by atoms with van der Waals surface area (Å²) < 4.78 is 44.1. The average Bonchev–Trinajstić information content (AvgIpc) is 3.03. The smallest absolute Gasteiger partial charge is 0.450 e. The first kappa shape index (κ1) is 20.2. The molecule has 0 aromatic carbocycles. The van der Waals surface area contributed by atoms with Gasteiger partial charge in [0.1, 0.15) is 17.4 Å². The van der Waals surface area contributed by atoms with Gasteiger partial charge in [0.25, 0.3) is 5.91 Å². The zero-order chi connectivity index (χ0) is 20.6. The number of piperazine rings is 1. The van der Waals surface area contributed by atoms with E-state index in [1.165, 1.54) is 11.8 Å². The van der Waals surface area contributed by atoms with Crippen molar-refractivity contribution in [2.24, 2.45) is 0 Å². The molecule has 0 unspecified atom stereocenters. The molecule has 1 amide bonds. The molecule has 2 aromatic heterocycles. The number of hydrogen-bond acceptors (Lipinski definition) is 5. The van der Waals surface area contributed by atoms with Gasteiger partial charge in [-0.3, -0.25) is 4.79 Å². The number of halogens is 3. The van der Waals surface area contributed by atoms with Crippen LogP contribution in [0, 0.1) is 13.8 Å². The summed E-state index contributed by atoms with van der Waals surface area (Å²) in [5.41, 5.74) is 0.425. The fraction of sp³-hybridized carbons (Fsp3) is 0.526. The summed E-state index contributed by atoms with van der Waals surface area (Å²) in [6.45, 7) is 8.90. The largest absolute Gasteiger partial charge is 0.456 e. The maximum atomic E-state index is 13.1. The van der Waals surface area contributed by atoms with Crippen LogP contribution in [0.15, 0.2) is 16.5 Å². The Morgan fingerprint density at radius 3 is 2.32 bits per heavy atom. The quantitative estimate of drug-likeness (QED) is 0.790. The summed E-state index contributed by atoms with van der Waals surface area (Å²) in [6, 6.07) is 3.03. The minimum atomic E-state index is -4.70. The second-order valence-electron chi connectivity index (χ2n) is 7.26. The number of nitrogens with zero attached hydrogens (tertiary/aromatic N) is 4. The minimum absolute atomic E-state index is 0.0620. The van der Waals surface area contributed by atoms with Crippen molar-refractivity contribution < 1.29 is 22.4 Å². The third-order valence-electron chi connectivity index (χ3n) is 4.61. The lowest BCUT2D eigenvalue weighted by Crippen LogP contribution is -2.49. The van der Waals surface area contributed by atoms with Gasteiger partial charge in [-0.15, -0.1) is 0 Å². The van der Waals surface area contributed by atoms with Crippen molar-refractivity contribution in [3.8, 4) is 0 Å². The van der Waals surface area contributed by atoms with Crippen LogP contribution in [-0.2, 0) is 6.18 Å². The molecule has 1 aliphatic heterocycles. The molecule has 0 N–H and O–H groups in total. The Balaban J connectivity index is 1.74. The van der Waals surface area contributed by atoms with Gasteiger partial charge in [-0.2, -0.15) is 13.2 Å². The zero-order valence-electron chi connectivity index (χ0n) is 16.3. The van der Waals surface area contributed by atoms with Gasteiger partial charge in [0, 0.05) is 43.9 Å². The van der Waals surface area contributed by atoms with Crippen molar-refractivity contribution in [3.05, 3.63) is 40.7 Å². The summed E-state index contributed by atoms with van der Waals surface area (Å²) >= 11 is 0. The Labute approximate surface area is 161 Å². The van der Waals surface area contributed by atoms with Gasteiger partial charge in [0.05, 0.1) is 5.56 Å². The molecule has 0 radical (unpaired) electrons. The fourth-order valence-electron chi connectivity index (χ4n) is 3.19. The van der Waals surface area contributed by atoms with E-state index in [0.29, 0.717) is 26.2 Å². The van der Waals surface area contributed by atoms with Crippen molar-refractivity contribution in [1.29, 1.82) is 0 Å². The molecule has 9 heteroatoms. The second-order valence-corrected chi connectivity index (χ2v) is 7.26. The molecule has 28 heavy (non-hydrogen) atoms. The minimum Gasteiger partial charge on any atom is -0.456 e. The molecule has 2 aromatic rings. The first-order chi connectivity index (χ1) is 13.1. The van der Waals surface area contributed by atoms with E-state index < -0.39 is 23.4 Å². The number of alkyl halides is 3. The highest BCUT2D eigenvalue weighted by Gasteiger charge is 2.41. The van der Waals surface area contributed by atoms with E-state index in [1.54, 1.807) is 0 Å². The van der Waals surface area contributed by atoms with E-state index in [1.807, 2.05) is 31.7 Å². The van der Waals surface area contributed by atoms with Crippen LogP contribution in [0.1, 0.15) is 53.2 Å². The maximum Gasteiger partial charge on any atom is 0.450 e. The van der Waals surface area contributed by atoms with E-state index in [2.05, 4.69) is 9.97 Å². The molecule has 6 nitrogen and oxygen atoms in total. The molecule has 0 bridgehead atoms. The maximum absolute atomic E-state index is 13.1. The van der Waals surface area contributed by atoms with E-state index in [0.717, 1.165) is 23.4 Å². The summed E-state index contributed by atoms with van der Waals surface area (Å²) in [5, 5.41) is 0. The van der Waals surface area contributed by atoms with Crippen LogP contribution in [0.2, 0.25) is 0 Å². The first-order valence-electron chi connectivity index (χ1n) is 9.13. The zero-order valence-corrected chi connectivity index (χ0v) is 16.3. The molecular formula is C19H23F3N4O2. The molecule has 0 aliphatic carbocycles. The summed E-state index contributed by atoms with van der Waals surface area (Å²) in [7, 11) is 0. The van der Waals surface area contributed by atoms with Crippen LogP contribution in [0.25, 0.3) is 0 Å². The third-order valence-corrected chi connectivity index (χ3v) is 4.61. The summed E-state index contributed by atoms with van der Waals surface area (Å²) in [6.07, 6.45) is -4.70. The molecule has 0 saturated carbocycles. The molecule has 152 valence electrons.